The molecule has 2 aromatic carbocycles. The lowest BCUT2D eigenvalue weighted by Gasteiger charge is -2.40. The number of rotatable bonds is 5. The number of hydrogen-bond acceptors (Lipinski definition) is 6. The molecule has 1 aromatic heterocycles. The van der Waals surface area contributed by atoms with Crippen LogP contribution >= 0.6 is 23.5 Å². The molecule has 1 aliphatic carbocycles. The molecule has 2 atom stereocenters. The molecule has 1 amide bonds. The van der Waals surface area contributed by atoms with Gasteiger partial charge in [0.05, 0.1) is 28.3 Å². The zero-order chi connectivity index (χ0) is 22.1. The first-order chi connectivity index (χ1) is 15.7. The van der Waals surface area contributed by atoms with E-state index in [-0.39, 0.29) is 28.7 Å². The summed E-state index contributed by atoms with van der Waals surface area (Å²) in [6, 6.07) is 15.1. The molecule has 1 N–H and O–H groups in total. The molecule has 32 heavy (non-hydrogen) atoms. The highest BCUT2D eigenvalue weighted by molar-refractivity contribution is 8.00. The molecule has 1 aliphatic heterocycles. The van der Waals surface area contributed by atoms with Crippen molar-refractivity contribution in [1.82, 2.24) is 14.8 Å². The molecular formula is C24H22N4O2S2. The molecule has 0 bridgehead atoms. The minimum absolute atomic E-state index is 0.00567. The Balaban J connectivity index is 1.40. The van der Waals surface area contributed by atoms with Crippen LogP contribution in [0.15, 0.2) is 82.9 Å². The van der Waals surface area contributed by atoms with Crippen LogP contribution in [0.3, 0.4) is 0 Å². The molecule has 162 valence electrons. The third-order valence-corrected chi connectivity index (χ3v) is 7.77. The first kappa shape index (κ1) is 20.9. The molecule has 2 aliphatic rings. The van der Waals surface area contributed by atoms with Gasteiger partial charge in [0.2, 0.25) is 5.91 Å². The van der Waals surface area contributed by atoms with Gasteiger partial charge >= 0.3 is 0 Å². The molecule has 2 heterocycles. The number of amides is 1. The van der Waals surface area contributed by atoms with Crippen molar-refractivity contribution in [3.8, 4) is 17.1 Å². The monoisotopic (exact) mass is 462 g/mol. The summed E-state index contributed by atoms with van der Waals surface area (Å²) in [7, 11) is 0. The number of anilines is 1. The lowest BCUT2D eigenvalue weighted by atomic mass is 10.0. The van der Waals surface area contributed by atoms with E-state index in [1.54, 1.807) is 23.9 Å². The van der Waals surface area contributed by atoms with E-state index in [0.717, 1.165) is 10.6 Å². The number of allylic oxidation sites excluding steroid dienone is 2. The lowest BCUT2D eigenvalue weighted by molar-refractivity contribution is -0.116. The Bertz CT molecular complexity index is 1220. The maximum Gasteiger partial charge on any atom is 0.238 e. The maximum atomic E-state index is 13.5. The largest absolute Gasteiger partial charge is 0.507 e. The minimum atomic E-state index is -0.00567. The highest BCUT2D eigenvalue weighted by Crippen LogP contribution is 2.43. The van der Waals surface area contributed by atoms with E-state index in [1.165, 1.54) is 11.8 Å². The smallest absolute Gasteiger partial charge is 0.238 e. The first-order valence-corrected chi connectivity index (χ1v) is 12.3. The molecule has 0 fully saturated rings. The van der Waals surface area contributed by atoms with Crippen molar-refractivity contribution in [3.05, 3.63) is 72.8 Å². The molecule has 0 saturated heterocycles. The second-order valence-electron chi connectivity index (χ2n) is 7.43. The van der Waals surface area contributed by atoms with E-state index in [2.05, 4.69) is 28.4 Å². The fourth-order valence-corrected chi connectivity index (χ4v) is 6.14. The van der Waals surface area contributed by atoms with Gasteiger partial charge in [0.25, 0.3) is 0 Å². The molecule has 0 radical (unpaired) electrons. The van der Waals surface area contributed by atoms with Crippen molar-refractivity contribution in [2.75, 3.05) is 10.7 Å². The van der Waals surface area contributed by atoms with E-state index >= 15 is 0 Å². The zero-order valence-electron chi connectivity index (χ0n) is 17.5. The number of thioether (sulfide) groups is 2. The average Bonchev–Trinajstić information content (AvgIpc) is 3.24. The van der Waals surface area contributed by atoms with Gasteiger partial charge in [-0.2, -0.15) is 0 Å². The SMILES string of the molecule is CCn1c(SCC(=O)N2c3ccccc3SC3C=CC=CC32)nnc1-c1ccccc1O. The van der Waals surface area contributed by atoms with E-state index in [1.807, 2.05) is 58.9 Å². The molecule has 0 spiro atoms. The van der Waals surface area contributed by atoms with E-state index in [4.69, 9.17) is 0 Å². The van der Waals surface area contributed by atoms with Gasteiger partial charge in [-0.25, -0.2) is 0 Å². The van der Waals surface area contributed by atoms with E-state index in [9.17, 15) is 9.90 Å². The Morgan fingerprint density at radius 2 is 1.88 bits per heavy atom. The second kappa shape index (κ2) is 8.88. The van der Waals surface area contributed by atoms with Gasteiger partial charge in [-0.15, -0.1) is 22.0 Å². The normalized spacial score (nSPS) is 19.0. The summed E-state index contributed by atoms with van der Waals surface area (Å²) in [6.07, 6.45) is 8.31. The number of hydrogen-bond donors (Lipinski definition) is 1. The quantitative estimate of drug-likeness (QED) is 0.551. The van der Waals surface area contributed by atoms with Crippen LogP contribution in [0.1, 0.15) is 6.92 Å². The second-order valence-corrected chi connectivity index (χ2v) is 9.59. The Morgan fingerprint density at radius 1 is 1.09 bits per heavy atom. The van der Waals surface area contributed by atoms with Gasteiger partial charge < -0.3 is 14.6 Å². The summed E-state index contributed by atoms with van der Waals surface area (Å²) < 4.78 is 1.93. The number of aromatic hydroxyl groups is 1. The molecule has 2 unspecified atom stereocenters. The summed E-state index contributed by atoms with van der Waals surface area (Å²) in [5.41, 5.74) is 1.58. The number of phenols is 1. The average molecular weight is 463 g/mol. The first-order valence-electron chi connectivity index (χ1n) is 10.4. The van der Waals surface area contributed by atoms with Crippen LogP contribution in [-0.4, -0.2) is 42.8 Å². The number of aromatic nitrogens is 3. The topological polar surface area (TPSA) is 71.2 Å². The van der Waals surface area contributed by atoms with Crippen LogP contribution in [0.4, 0.5) is 5.69 Å². The zero-order valence-corrected chi connectivity index (χ0v) is 19.1. The van der Waals surface area contributed by atoms with E-state index < -0.39 is 0 Å². The maximum absolute atomic E-state index is 13.5. The van der Waals surface area contributed by atoms with Crippen LogP contribution in [0, 0.1) is 0 Å². The van der Waals surface area contributed by atoms with Gasteiger partial charge in [-0.3, -0.25) is 4.79 Å². The summed E-state index contributed by atoms with van der Waals surface area (Å²) >= 11 is 3.17. The number of fused-ring (bicyclic) bond motifs is 2. The van der Waals surface area contributed by atoms with E-state index in [0.29, 0.717) is 23.1 Å². The molecule has 5 rings (SSSR count). The fourth-order valence-electron chi connectivity index (χ4n) is 4.02. The van der Waals surface area contributed by atoms with Gasteiger partial charge in [-0.05, 0) is 31.2 Å². The predicted octanol–water partition coefficient (Wildman–Crippen LogP) is 4.76. The van der Waals surface area contributed by atoms with Gasteiger partial charge in [0.15, 0.2) is 11.0 Å². The van der Waals surface area contributed by atoms with Gasteiger partial charge in [0, 0.05) is 11.4 Å². The van der Waals surface area contributed by atoms with Crippen molar-refractivity contribution in [2.45, 2.75) is 34.8 Å². The van der Waals surface area contributed by atoms with Gasteiger partial charge in [0.1, 0.15) is 5.75 Å². The molecule has 0 saturated carbocycles. The number of nitrogens with zero attached hydrogens (tertiary/aromatic N) is 4. The molecule has 6 nitrogen and oxygen atoms in total. The number of benzene rings is 2. The minimum Gasteiger partial charge on any atom is -0.507 e. The summed E-state index contributed by atoms with van der Waals surface area (Å²) in [6.45, 7) is 2.63. The van der Waals surface area contributed by atoms with Crippen molar-refractivity contribution in [1.29, 1.82) is 0 Å². The predicted molar refractivity (Wildman–Crippen MR) is 129 cm³/mol. The standard InChI is InChI=1S/C24H22N4O2S2/c1-2-27-23(16-9-3-6-12-19(16)29)25-26-24(27)31-15-22(30)28-17-10-4-7-13-20(17)32-21-14-8-5-11-18(21)28/h3-14,17,20,29H,2,15H2,1H3. The number of carbonyl (C=O) groups is 1. The molecular weight excluding hydrogens is 440 g/mol. The Kier molecular flexibility index (Phi) is 5.80. The number of carbonyl (C=O) groups excluding carboxylic acids is 1. The number of phenolic OH excluding ortho intramolecular Hbond substituents is 1. The van der Waals surface area contributed by atoms with Crippen LogP contribution < -0.4 is 4.90 Å². The Morgan fingerprint density at radius 3 is 2.72 bits per heavy atom. The Labute approximate surface area is 195 Å². The summed E-state index contributed by atoms with van der Waals surface area (Å²) in [5.74, 6) is 1.04. The van der Waals surface area contributed by atoms with Crippen molar-refractivity contribution in [2.24, 2.45) is 0 Å². The van der Waals surface area contributed by atoms with Gasteiger partial charge in [-0.1, -0.05) is 60.3 Å². The van der Waals surface area contributed by atoms with Crippen molar-refractivity contribution >= 4 is 35.1 Å². The molecule has 3 aromatic rings. The highest BCUT2D eigenvalue weighted by atomic mass is 32.2. The van der Waals surface area contributed by atoms with Crippen LogP contribution in [-0.2, 0) is 11.3 Å². The fraction of sp³-hybridized carbons (Fsp3) is 0.208. The van der Waals surface area contributed by atoms with Crippen LogP contribution in [0.5, 0.6) is 5.75 Å². The van der Waals surface area contributed by atoms with Crippen LogP contribution in [0.25, 0.3) is 11.4 Å². The lowest BCUT2D eigenvalue weighted by Crippen LogP contribution is -2.48. The molecule has 8 heteroatoms. The van der Waals surface area contributed by atoms with Crippen molar-refractivity contribution in [3.63, 3.8) is 0 Å². The van der Waals surface area contributed by atoms with Crippen LogP contribution in [0.2, 0.25) is 0 Å². The van der Waals surface area contributed by atoms with Crippen molar-refractivity contribution < 1.29 is 9.90 Å². The Hall–Kier alpha value is -2.97. The number of para-hydroxylation sites is 2. The summed E-state index contributed by atoms with van der Waals surface area (Å²) in [4.78, 5) is 16.5. The highest BCUT2D eigenvalue weighted by Gasteiger charge is 2.36. The third kappa shape index (κ3) is 3.73. The summed E-state index contributed by atoms with van der Waals surface area (Å²) in [5, 5.41) is 19.7. The third-order valence-electron chi connectivity index (χ3n) is 5.51.